The van der Waals surface area contributed by atoms with Gasteiger partial charge in [0.05, 0.1) is 12.1 Å². The zero-order valence-electron chi connectivity index (χ0n) is 15.0. The van der Waals surface area contributed by atoms with E-state index in [9.17, 15) is 9.90 Å². The first kappa shape index (κ1) is 21.4. The van der Waals surface area contributed by atoms with Gasteiger partial charge >= 0.3 is 6.09 Å². The Morgan fingerprint density at radius 3 is 2.96 bits per heavy atom. The average Bonchev–Trinajstić information content (AvgIpc) is 2.96. The highest BCUT2D eigenvalue weighted by Crippen LogP contribution is 2.20. The molecule has 1 amide bonds. The number of thioether (sulfide) groups is 1. The first-order chi connectivity index (χ1) is 12.6. The molecule has 1 aliphatic heterocycles. The van der Waals surface area contributed by atoms with E-state index in [4.69, 9.17) is 21.4 Å². The van der Waals surface area contributed by atoms with Crippen LogP contribution in [0.25, 0.3) is 0 Å². The van der Waals surface area contributed by atoms with Gasteiger partial charge in [0.2, 0.25) is 0 Å². The van der Waals surface area contributed by atoms with Gasteiger partial charge in [-0.15, -0.1) is 0 Å². The van der Waals surface area contributed by atoms with Crippen LogP contribution in [0.5, 0.6) is 0 Å². The minimum Gasteiger partial charge on any atom is -0.447 e. The van der Waals surface area contributed by atoms with Crippen molar-refractivity contribution < 1.29 is 19.7 Å². The Bertz CT molecular complexity index is 560. The zero-order chi connectivity index (χ0) is 18.8. The maximum absolute atomic E-state index is 11.9. The van der Waals surface area contributed by atoms with Crippen molar-refractivity contribution in [1.82, 2.24) is 4.90 Å². The van der Waals surface area contributed by atoms with Crippen LogP contribution < -0.4 is 0 Å². The van der Waals surface area contributed by atoms with Crippen molar-refractivity contribution in [2.75, 3.05) is 31.3 Å². The second-order valence-electron chi connectivity index (χ2n) is 6.53. The number of cyclic esters (lactones) is 1. The number of carbonyl (C=O) groups is 1. The van der Waals surface area contributed by atoms with Crippen molar-refractivity contribution in [3.05, 3.63) is 34.9 Å². The Balaban J connectivity index is 1.70. The third-order valence-corrected chi connectivity index (χ3v) is 5.72. The first-order valence-electron chi connectivity index (χ1n) is 9.14. The van der Waals surface area contributed by atoms with Crippen molar-refractivity contribution in [2.45, 2.75) is 44.2 Å². The number of aliphatic hydroxyl groups is 2. The van der Waals surface area contributed by atoms with Gasteiger partial charge < -0.3 is 19.8 Å². The SMILES string of the molecule is O=C1OC[C@H](CC[C@@H](O)Cc2cccc(Cl)c2)N1CCSCCCCO. The lowest BCUT2D eigenvalue weighted by atomic mass is 10.0. The third kappa shape index (κ3) is 7.35. The molecular formula is C19H28ClNO4S. The highest BCUT2D eigenvalue weighted by Gasteiger charge is 2.32. The van der Waals surface area contributed by atoms with Crippen LogP contribution in [0.2, 0.25) is 5.02 Å². The molecule has 2 N–H and O–H groups in total. The van der Waals surface area contributed by atoms with E-state index in [1.165, 1.54) is 0 Å². The molecule has 0 unspecified atom stereocenters. The normalized spacial score (nSPS) is 18.2. The van der Waals surface area contributed by atoms with E-state index in [2.05, 4.69) is 0 Å². The van der Waals surface area contributed by atoms with Gasteiger partial charge in [-0.25, -0.2) is 4.79 Å². The second kappa shape index (κ2) is 11.7. The molecule has 1 saturated heterocycles. The van der Waals surface area contributed by atoms with Crippen molar-refractivity contribution in [3.63, 3.8) is 0 Å². The fraction of sp³-hybridized carbons (Fsp3) is 0.632. The molecule has 0 radical (unpaired) electrons. The van der Waals surface area contributed by atoms with Crippen LogP contribution >= 0.6 is 23.4 Å². The molecule has 1 aromatic rings. The van der Waals surface area contributed by atoms with Crippen LogP contribution in [0.4, 0.5) is 4.79 Å². The summed E-state index contributed by atoms with van der Waals surface area (Å²) in [5, 5.41) is 19.7. The predicted octanol–water partition coefficient (Wildman–Crippen LogP) is 3.35. The molecule has 0 bridgehead atoms. The van der Waals surface area contributed by atoms with Gasteiger partial charge in [-0.05, 0) is 55.6 Å². The van der Waals surface area contributed by atoms with Gasteiger partial charge in [0.15, 0.2) is 0 Å². The topological polar surface area (TPSA) is 70.0 Å². The smallest absolute Gasteiger partial charge is 0.410 e. The Labute approximate surface area is 164 Å². The van der Waals surface area contributed by atoms with E-state index < -0.39 is 6.10 Å². The molecule has 0 aromatic heterocycles. The third-order valence-electron chi connectivity index (χ3n) is 4.44. The van der Waals surface area contributed by atoms with Crippen molar-refractivity contribution in [2.24, 2.45) is 0 Å². The van der Waals surface area contributed by atoms with E-state index in [0.717, 1.165) is 36.3 Å². The molecule has 1 heterocycles. The second-order valence-corrected chi connectivity index (χ2v) is 8.19. The number of unbranched alkanes of at least 4 members (excludes halogenated alkanes) is 1. The van der Waals surface area contributed by atoms with Gasteiger partial charge in [-0.1, -0.05) is 23.7 Å². The van der Waals surface area contributed by atoms with Crippen LogP contribution in [-0.4, -0.2) is 64.6 Å². The van der Waals surface area contributed by atoms with Gasteiger partial charge in [-0.2, -0.15) is 11.8 Å². The van der Waals surface area contributed by atoms with Crippen LogP contribution in [0.3, 0.4) is 0 Å². The number of benzene rings is 1. The van der Waals surface area contributed by atoms with Gasteiger partial charge in [0.25, 0.3) is 0 Å². The number of amides is 1. The van der Waals surface area contributed by atoms with Crippen molar-refractivity contribution >= 4 is 29.5 Å². The van der Waals surface area contributed by atoms with Gasteiger partial charge in [0.1, 0.15) is 6.61 Å². The lowest BCUT2D eigenvalue weighted by Gasteiger charge is -2.22. The van der Waals surface area contributed by atoms with E-state index in [-0.39, 0.29) is 18.7 Å². The van der Waals surface area contributed by atoms with Gasteiger partial charge in [-0.3, -0.25) is 0 Å². The summed E-state index contributed by atoms with van der Waals surface area (Å²) in [4.78, 5) is 13.7. The number of aliphatic hydroxyl groups excluding tert-OH is 2. The van der Waals surface area contributed by atoms with Crippen molar-refractivity contribution in [1.29, 1.82) is 0 Å². The maximum Gasteiger partial charge on any atom is 0.410 e. The monoisotopic (exact) mass is 401 g/mol. The minimum atomic E-state index is -0.459. The summed E-state index contributed by atoms with van der Waals surface area (Å²) in [7, 11) is 0. The number of hydrogen-bond acceptors (Lipinski definition) is 5. The Morgan fingerprint density at radius 2 is 2.19 bits per heavy atom. The number of carbonyl (C=O) groups excluding carboxylic acids is 1. The molecule has 146 valence electrons. The largest absolute Gasteiger partial charge is 0.447 e. The Morgan fingerprint density at radius 1 is 1.35 bits per heavy atom. The minimum absolute atomic E-state index is 0.0366. The summed E-state index contributed by atoms with van der Waals surface area (Å²) in [5.74, 6) is 1.86. The highest BCUT2D eigenvalue weighted by atomic mass is 35.5. The number of nitrogens with zero attached hydrogens (tertiary/aromatic N) is 1. The predicted molar refractivity (Wildman–Crippen MR) is 106 cm³/mol. The van der Waals surface area contributed by atoms with E-state index >= 15 is 0 Å². The number of rotatable bonds is 12. The summed E-state index contributed by atoms with van der Waals surface area (Å²) in [6.07, 6.45) is 3.00. The van der Waals surface area contributed by atoms with Crippen LogP contribution in [0.15, 0.2) is 24.3 Å². The summed E-state index contributed by atoms with van der Waals surface area (Å²) in [6, 6.07) is 7.56. The van der Waals surface area contributed by atoms with Crippen LogP contribution in [0.1, 0.15) is 31.2 Å². The number of hydrogen-bond donors (Lipinski definition) is 2. The number of ether oxygens (including phenoxy) is 1. The summed E-state index contributed by atoms with van der Waals surface area (Å²) >= 11 is 7.77. The lowest BCUT2D eigenvalue weighted by Crippen LogP contribution is -2.36. The van der Waals surface area contributed by atoms with Crippen LogP contribution in [-0.2, 0) is 11.2 Å². The molecule has 5 nitrogen and oxygen atoms in total. The van der Waals surface area contributed by atoms with Crippen LogP contribution in [0, 0.1) is 0 Å². The molecule has 2 atom stereocenters. The maximum atomic E-state index is 11.9. The summed E-state index contributed by atoms with van der Waals surface area (Å²) in [6.45, 7) is 1.30. The highest BCUT2D eigenvalue weighted by molar-refractivity contribution is 7.99. The molecule has 0 spiro atoms. The molecule has 0 aliphatic carbocycles. The molecule has 7 heteroatoms. The fourth-order valence-electron chi connectivity index (χ4n) is 3.01. The quantitative estimate of drug-likeness (QED) is 0.525. The van der Waals surface area contributed by atoms with E-state index in [0.29, 0.717) is 31.0 Å². The lowest BCUT2D eigenvalue weighted by molar-refractivity contribution is 0.147. The fourth-order valence-corrected chi connectivity index (χ4v) is 4.16. The summed E-state index contributed by atoms with van der Waals surface area (Å²) in [5.41, 5.74) is 1.01. The molecule has 0 saturated carbocycles. The Hall–Kier alpha value is -0.950. The molecule has 2 rings (SSSR count). The van der Waals surface area contributed by atoms with E-state index in [1.807, 2.05) is 24.3 Å². The molecule has 1 aromatic carbocycles. The van der Waals surface area contributed by atoms with Gasteiger partial charge in [0, 0.05) is 23.9 Å². The Kier molecular flexibility index (Phi) is 9.61. The molecule has 1 aliphatic rings. The zero-order valence-corrected chi connectivity index (χ0v) is 16.6. The molecule has 26 heavy (non-hydrogen) atoms. The first-order valence-corrected chi connectivity index (χ1v) is 10.7. The van der Waals surface area contributed by atoms with E-state index in [1.54, 1.807) is 16.7 Å². The standard InChI is InChI=1S/C19H28ClNO4S/c20-16-5-3-4-15(12-16)13-18(23)7-6-17-14-25-19(24)21(17)8-11-26-10-2-1-9-22/h3-5,12,17-18,22-23H,1-2,6-11,13-14H2/t17-,18+/m0/s1. The molecule has 1 fully saturated rings. The average molecular weight is 402 g/mol. The summed E-state index contributed by atoms with van der Waals surface area (Å²) < 4.78 is 5.19. The number of halogens is 1. The molecular weight excluding hydrogens is 374 g/mol. The van der Waals surface area contributed by atoms with Crippen molar-refractivity contribution in [3.8, 4) is 0 Å².